The molecule has 0 saturated heterocycles. The molecule has 2 aromatic rings. The van der Waals surface area contributed by atoms with Gasteiger partial charge in [0, 0.05) is 11.6 Å². The van der Waals surface area contributed by atoms with E-state index in [0.717, 1.165) is 5.56 Å². The molecule has 0 unspecified atom stereocenters. The first-order valence-corrected chi connectivity index (χ1v) is 8.21. The maximum absolute atomic E-state index is 12.0. The summed E-state index contributed by atoms with van der Waals surface area (Å²) in [7, 11) is 0. The van der Waals surface area contributed by atoms with Gasteiger partial charge in [0.15, 0.2) is 11.5 Å². The van der Waals surface area contributed by atoms with Crippen LogP contribution in [0.4, 0.5) is 0 Å². The van der Waals surface area contributed by atoms with Crippen molar-refractivity contribution < 1.29 is 24.1 Å². The van der Waals surface area contributed by atoms with E-state index in [2.05, 4.69) is 10.5 Å². The Labute approximate surface area is 151 Å². The number of phenols is 1. The summed E-state index contributed by atoms with van der Waals surface area (Å²) in [5.74, 6) is 1.62. The lowest BCUT2D eigenvalue weighted by molar-refractivity contribution is -0.120. The summed E-state index contributed by atoms with van der Waals surface area (Å²) < 4.78 is 16.0. The topological polar surface area (TPSA) is 89.4 Å². The average Bonchev–Trinajstić information content (AvgIpc) is 3.04. The number of benzene rings is 2. The van der Waals surface area contributed by atoms with E-state index in [1.807, 2.05) is 13.8 Å². The molecule has 0 spiro atoms. The lowest BCUT2D eigenvalue weighted by Crippen LogP contribution is -2.19. The predicted octanol–water partition coefficient (Wildman–Crippen LogP) is 2.60. The lowest BCUT2D eigenvalue weighted by atomic mass is 10.1. The quantitative estimate of drug-likeness (QED) is 0.613. The molecule has 136 valence electrons. The SMILES string of the molecule is CC(C)Oc1ccc(/C=N\NC(=O)Cc2ccc3c(c2)OCO3)c(O)c1. The fourth-order valence-corrected chi connectivity index (χ4v) is 2.43. The minimum absolute atomic E-state index is 0.0179. The Balaban J connectivity index is 1.55. The minimum Gasteiger partial charge on any atom is -0.507 e. The summed E-state index contributed by atoms with van der Waals surface area (Å²) in [6.45, 7) is 4.00. The van der Waals surface area contributed by atoms with Crippen molar-refractivity contribution in [2.24, 2.45) is 5.10 Å². The fraction of sp³-hybridized carbons (Fsp3) is 0.263. The summed E-state index contributed by atoms with van der Waals surface area (Å²) in [5, 5.41) is 13.9. The Hall–Kier alpha value is -3.22. The van der Waals surface area contributed by atoms with Gasteiger partial charge in [-0.05, 0) is 43.7 Å². The maximum Gasteiger partial charge on any atom is 0.244 e. The number of hydrazone groups is 1. The molecule has 1 amide bonds. The van der Waals surface area contributed by atoms with Gasteiger partial charge in [-0.1, -0.05) is 6.07 Å². The van der Waals surface area contributed by atoms with E-state index < -0.39 is 0 Å². The molecule has 3 rings (SSSR count). The second-order valence-electron chi connectivity index (χ2n) is 6.04. The summed E-state index contributed by atoms with van der Waals surface area (Å²) >= 11 is 0. The standard InChI is InChI=1S/C19H20N2O5/c1-12(2)26-15-5-4-14(16(22)9-15)10-20-21-19(23)8-13-3-6-17-18(7-13)25-11-24-17/h3-7,9-10,12,22H,8,11H2,1-2H3,(H,21,23)/b20-10-. The highest BCUT2D eigenvalue weighted by Gasteiger charge is 2.14. The first kappa shape index (κ1) is 17.6. The second kappa shape index (κ2) is 7.77. The van der Waals surface area contributed by atoms with E-state index in [0.29, 0.717) is 22.8 Å². The fourth-order valence-electron chi connectivity index (χ4n) is 2.43. The van der Waals surface area contributed by atoms with E-state index in [9.17, 15) is 9.90 Å². The third-order valence-electron chi connectivity index (χ3n) is 3.57. The predicted molar refractivity (Wildman–Crippen MR) is 95.9 cm³/mol. The molecular weight excluding hydrogens is 336 g/mol. The number of amides is 1. The molecular formula is C19H20N2O5. The van der Waals surface area contributed by atoms with Gasteiger partial charge in [0.05, 0.1) is 18.7 Å². The summed E-state index contributed by atoms with van der Waals surface area (Å²) in [5.41, 5.74) is 3.71. The number of carbonyl (C=O) groups is 1. The largest absolute Gasteiger partial charge is 0.507 e. The number of hydrogen-bond acceptors (Lipinski definition) is 6. The maximum atomic E-state index is 12.0. The minimum atomic E-state index is -0.278. The zero-order valence-electron chi connectivity index (χ0n) is 14.6. The molecule has 0 aromatic heterocycles. The number of nitrogens with zero attached hydrogens (tertiary/aromatic N) is 1. The van der Waals surface area contributed by atoms with Crippen molar-refractivity contribution in [1.29, 1.82) is 0 Å². The van der Waals surface area contributed by atoms with Gasteiger partial charge in [0.25, 0.3) is 0 Å². The van der Waals surface area contributed by atoms with Crippen molar-refractivity contribution in [2.45, 2.75) is 26.4 Å². The molecule has 0 atom stereocenters. The number of hydrogen-bond donors (Lipinski definition) is 2. The van der Waals surface area contributed by atoms with Gasteiger partial charge in [-0.2, -0.15) is 5.10 Å². The van der Waals surface area contributed by atoms with Crippen LogP contribution in [-0.2, 0) is 11.2 Å². The monoisotopic (exact) mass is 356 g/mol. The van der Waals surface area contributed by atoms with Gasteiger partial charge in [0.1, 0.15) is 11.5 Å². The number of fused-ring (bicyclic) bond motifs is 1. The van der Waals surface area contributed by atoms with Gasteiger partial charge in [0.2, 0.25) is 12.7 Å². The lowest BCUT2D eigenvalue weighted by Gasteiger charge is -2.10. The molecule has 1 aliphatic heterocycles. The Bertz CT molecular complexity index is 833. The van der Waals surface area contributed by atoms with Crippen LogP contribution in [0.25, 0.3) is 0 Å². The van der Waals surface area contributed by atoms with E-state index >= 15 is 0 Å². The zero-order valence-corrected chi connectivity index (χ0v) is 14.6. The van der Waals surface area contributed by atoms with Crippen molar-refractivity contribution in [3.8, 4) is 23.0 Å². The van der Waals surface area contributed by atoms with E-state index in [1.165, 1.54) is 12.3 Å². The van der Waals surface area contributed by atoms with Crippen LogP contribution in [0, 0.1) is 0 Å². The number of phenolic OH excluding ortho intramolecular Hbond substituents is 1. The van der Waals surface area contributed by atoms with Gasteiger partial charge >= 0.3 is 0 Å². The molecule has 0 saturated carbocycles. The van der Waals surface area contributed by atoms with Gasteiger partial charge in [-0.25, -0.2) is 5.43 Å². The van der Waals surface area contributed by atoms with Crippen LogP contribution < -0.4 is 19.6 Å². The van der Waals surface area contributed by atoms with Crippen molar-refractivity contribution >= 4 is 12.1 Å². The smallest absolute Gasteiger partial charge is 0.244 e. The van der Waals surface area contributed by atoms with Crippen molar-refractivity contribution in [3.63, 3.8) is 0 Å². The van der Waals surface area contributed by atoms with Crippen LogP contribution in [0.1, 0.15) is 25.0 Å². The highest BCUT2D eigenvalue weighted by atomic mass is 16.7. The number of rotatable bonds is 6. The van der Waals surface area contributed by atoms with Gasteiger partial charge in [-0.15, -0.1) is 0 Å². The van der Waals surface area contributed by atoms with Crippen molar-refractivity contribution in [1.82, 2.24) is 5.43 Å². The van der Waals surface area contributed by atoms with Crippen LogP contribution >= 0.6 is 0 Å². The first-order chi connectivity index (χ1) is 12.5. The van der Waals surface area contributed by atoms with Crippen LogP contribution in [0.5, 0.6) is 23.0 Å². The van der Waals surface area contributed by atoms with Crippen LogP contribution in [-0.4, -0.2) is 30.1 Å². The molecule has 0 fully saturated rings. The second-order valence-corrected chi connectivity index (χ2v) is 6.04. The molecule has 0 radical (unpaired) electrons. The zero-order chi connectivity index (χ0) is 18.5. The number of carbonyl (C=O) groups excluding carboxylic acids is 1. The molecule has 2 aromatic carbocycles. The molecule has 26 heavy (non-hydrogen) atoms. The summed E-state index contributed by atoms with van der Waals surface area (Å²) in [4.78, 5) is 12.0. The third kappa shape index (κ3) is 4.44. The van der Waals surface area contributed by atoms with Crippen LogP contribution in [0.3, 0.4) is 0 Å². The molecule has 1 aliphatic rings. The Morgan fingerprint density at radius 2 is 2.08 bits per heavy atom. The molecule has 2 N–H and O–H groups in total. The molecule has 7 heteroatoms. The summed E-state index contributed by atoms with van der Waals surface area (Å²) in [6.07, 6.45) is 1.55. The van der Waals surface area contributed by atoms with Crippen molar-refractivity contribution in [2.75, 3.05) is 6.79 Å². The Morgan fingerprint density at radius 3 is 2.85 bits per heavy atom. The van der Waals surface area contributed by atoms with Crippen LogP contribution in [0.2, 0.25) is 0 Å². The van der Waals surface area contributed by atoms with E-state index in [-0.39, 0.29) is 31.0 Å². The average molecular weight is 356 g/mol. The number of aromatic hydroxyl groups is 1. The number of nitrogens with one attached hydrogen (secondary N) is 1. The first-order valence-electron chi connectivity index (χ1n) is 8.21. The summed E-state index contributed by atoms with van der Waals surface area (Å²) in [6, 6.07) is 10.2. The number of ether oxygens (including phenoxy) is 3. The molecule has 0 bridgehead atoms. The van der Waals surface area contributed by atoms with Gasteiger partial charge < -0.3 is 19.3 Å². The molecule has 0 aliphatic carbocycles. The van der Waals surface area contributed by atoms with E-state index in [1.54, 1.807) is 30.3 Å². The molecule has 7 nitrogen and oxygen atoms in total. The van der Waals surface area contributed by atoms with Gasteiger partial charge in [-0.3, -0.25) is 4.79 Å². The van der Waals surface area contributed by atoms with Crippen LogP contribution in [0.15, 0.2) is 41.5 Å². The normalized spacial score (nSPS) is 12.6. The Morgan fingerprint density at radius 1 is 1.27 bits per heavy atom. The Kier molecular flexibility index (Phi) is 5.26. The third-order valence-corrected chi connectivity index (χ3v) is 3.57. The molecule has 1 heterocycles. The highest BCUT2D eigenvalue weighted by Crippen LogP contribution is 2.32. The highest BCUT2D eigenvalue weighted by molar-refractivity contribution is 5.85. The van der Waals surface area contributed by atoms with E-state index in [4.69, 9.17) is 14.2 Å². The van der Waals surface area contributed by atoms with Crippen molar-refractivity contribution in [3.05, 3.63) is 47.5 Å².